The van der Waals surface area contributed by atoms with Crippen LogP contribution in [0.2, 0.25) is 0 Å². The molecule has 0 bridgehead atoms. The van der Waals surface area contributed by atoms with Crippen LogP contribution in [0.4, 0.5) is 0 Å². The molecular weight excluding hydrogens is 160 g/mol. The molecular formula is C12H24O. The van der Waals surface area contributed by atoms with Gasteiger partial charge < -0.3 is 4.74 Å². The maximum atomic E-state index is 5.71. The van der Waals surface area contributed by atoms with Crippen LogP contribution < -0.4 is 0 Å². The van der Waals surface area contributed by atoms with E-state index in [1.807, 2.05) is 0 Å². The smallest absolute Gasteiger partial charge is 0.108 e. The first kappa shape index (κ1) is 12.5. The van der Waals surface area contributed by atoms with Crippen molar-refractivity contribution in [3.05, 3.63) is 12.8 Å². The second kappa shape index (κ2) is 6.99. The minimum absolute atomic E-state index is 0.0833. The average Bonchev–Trinajstić information content (AvgIpc) is 2.06. The second-order valence-corrected chi connectivity index (χ2v) is 3.72. The first-order valence-electron chi connectivity index (χ1n) is 5.53. The molecule has 0 amide bonds. The Balaban J connectivity index is 4.27. The van der Waals surface area contributed by atoms with Crippen LogP contribution in [0.5, 0.6) is 0 Å². The quantitative estimate of drug-likeness (QED) is 0.511. The molecule has 0 atom stereocenters. The lowest BCUT2D eigenvalue weighted by Crippen LogP contribution is -2.30. The third kappa shape index (κ3) is 4.35. The monoisotopic (exact) mass is 184 g/mol. The summed E-state index contributed by atoms with van der Waals surface area (Å²) in [5.41, 5.74) is 0.0833. The highest BCUT2D eigenvalue weighted by Crippen LogP contribution is 2.29. The van der Waals surface area contributed by atoms with Crippen LogP contribution in [0, 0.1) is 0 Å². The fourth-order valence-electron chi connectivity index (χ4n) is 2.10. The highest BCUT2D eigenvalue weighted by molar-refractivity contribution is 4.81. The summed E-state index contributed by atoms with van der Waals surface area (Å²) >= 11 is 0. The minimum Gasteiger partial charge on any atom is -0.496 e. The Morgan fingerprint density at radius 1 is 1.00 bits per heavy atom. The molecule has 13 heavy (non-hydrogen) atoms. The van der Waals surface area contributed by atoms with E-state index in [1.165, 1.54) is 19.3 Å². The highest BCUT2D eigenvalue weighted by atomic mass is 16.5. The number of ether oxygens (including phenoxy) is 1. The molecule has 0 aliphatic heterocycles. The molecule has 78 valence electrons. The zero-order valence-electron chi connectivity index (χ0n) is 9.44. The van der Waals surface area contributed by atoms with Crippen molar-refractivity contribution >= 4 is 0 Å². The molecule has 0 aliphatic rings. The Morgan fingerprint density at radius 2 is 1.38 bits per heavy atom. The summed E-state index contributed by atoms with van der Waals surface area (Å²) in [5, 5.41) is 0. The molecule has 1 nitrogen and oxygen atoms in total. The number of rotatable bonds is 8. The topological polar surface area (TPSA) is 9.23 Å². The Hall–Kier alpha value is -0.460. The zero-order valence-corrected chi connectivity index (χ0v) is 9.44. The van der Waals surface area contributed by atoms with Gasteiger partial charge in [0.15, 0.2) is 0 Å². The molecule has 0 aromatic heterocycles. The Labute approximate surface area is 83.2 Å². The molecule has 0 rings (SSSR count). The van der Waals surface area contributed by atoms with Crippen LogP contribution in [0.1, 0.15) is 59.3 Å². The van der Waals surface area contributed by atoms with E-state index in [9.17, 15) is 0 Å². The molecule has 0 fully saturated rings. The van der Waals surface area contributed by atoms with Crippen LogP contribution in [-0.2, 0) is 4.74 Å². The number of hydrogen-bond donors (Lipinski definition) is 0. The summed E-state index contributed by atoms with van der Waals surface area (Å²) in [6.07, 6.45) is 8.64. The van der Waals surface area contributed by atoms with E-state index in [-0.39, 0.29) is 5.60 Å². The minimum atomic E-state index is 0.0833. The van der Waals surface area contributed by atoms with Gasteiger partial charge in [0.05, 0.1) is 6.26 Å². The van der Waals surface area contributed by atoms with E-state index in [1.54, 1.807) is 6.26 Å². The Bertz CT molecular complexity index is 112. The van der Waals surface area contributed by atoms with E-state index in [2.05, 4.69) is 27.4 Å². The summed E-state index contributed by atoms with van der Waals surface area (Å²) < 4.78 is 5.71. The molecule has 0 spiro atoms. The summed E-state index contributed by atoms with van der Waals surface area (Å²) in [7, 11) is 0. The third-order valence-electron chi connectivity index (χ3n) is 2.45. The van der Waals surface area contributed by atoms with Gasteiger partial charge in [-0.3, -0.25) is 0 Å². The molecule has 0 N–H and O–H groups in total. The summed E-state index contributed by atoms with van der Waals surface area (Å²) in [5.74, 6) is 0. The summed E-state index contributed by atoms with van der Waals surface area (Å²) in [4.78, 5) is 0. The van der Waals surface area contributed by atoms with E-state index < -0.39 is 0 Å². The lowest BCUT2D eigenvalue weighted by atomic mass is 9.88. The van der Waals surface area contributed by atoms with Gasteiger partial charge in [-0.1, -0.05) is 46.6 Å². The largest absolute Gasteiger partial charge is 0.496 e. The maximum absolute atomic E-state index is 5.71. The van der Waals surface area contributed by atoms with Gasteiger partial charge >= 0.3 is 0 Å². The van der Waals surface area contributed by atoms with E-state index in [0.717, 1.165) is 19.3 Å². The van der Waals surface area contributed by atoms with Gasteiger partial charge in [0.25, 0.3) is 0 Å². The van der Waals surface area contributed by atoms with Crippen molar-refractivity contribution in [2.75, 3.05) is 0 Å². The molecule has 0 radical (unpaired) electrons. The molecule has 0 heterocycles. The van der Waals surface area contributed by atoms with Crippen molar-refractivity contribution in [2.45, 2.75) is 64.9 Å². The first-order chi connectivity index (χ1) is 6.24. The lowest BCUT2D eigenvalue weighted by Gasteiger charge is -2.32. The van der Waals surface area contributed by atoms with Crippen LogP contribution in [0.15, 0.2) is 12.8 Å². The Kier molecular flexibility index (Phi) is 6.75. The van der Waals surface area contributed by atoms with Crippen molar-refractivity contribution < 1.29 is 4.74 Å². The van der Waals surface area contributed by atoms with E-state index in [4.69, 9.17) is 4.74 Å². The fourth-order valence-corrected chi connectivity index (χ4v) is 2.10. The van der Waals surface area contributed by atoms with Crippen LogP contribution in [0.3, 0.4) is 0 Å². The van der Waals surface area contributed by atoms with Crippen molar-refractivity contribution in [3.8, 4) is 0 Å². The SMILES string of the molecule is C=COC(CCC)(CCC)CCC. The maximum Gasteiger partial charge on any atom is 0.108 e. The fraction of sp³-hybridized carbons (Fsp3) is 0.833. The highest BCUT2D eigenvalue weighted by Gasteiger charge is 2.27. The first-order valence-corrected chi connectivity index (χ1v) is 5.53. The lowest BCUT2D eigenvalue weighted by molar-refractivity contribution is -0.00339. The van der Waals surface area contributed by atoms with E-state index in [0.29, 0.717) is 0 Å². The molecule has 1 heteroatoms. The standard InChI is InChI=1S/C12H24O/c1-5-9-12(10-6-2,11-7-3)13-8-4/h8H,4-7,9-11H2,1-3H3. The molecule has 0 unspecified atom stereocenters. The van der Waals surface area contributed by atoms with E-state index >= 15 is 0 Å². The molecule has 0 saturated heterocycles. The van der Waals surface area contributed by atoms with Gasteiger partial charge in [0, 0.05) is 0 Å². The van der Waals surface area contributed by atoms with Crippen LogP contribution in [0.25, 0.3) is 0 Å². The third-order valence-corrected chi connectivity index (χ3v) is 2.45. The molecule has 0 aromatic carbocycles. The summed E-state index contributed by atoms with van der Waals surface area (Å²) in [6.45, 7) is 10.3. The normalized spacial score (nSPS) is 11.3. The van der Waals surface area contributed by atoms with Gasteiger partial charge in [-0.15, -0.1) is 0 Å². The van der Waals surface area contributed by atoms with Gasteiger partial charge in [-0.25, -0.2) is 0 Å². The second-order valence-electron chi connectivity index (χ2n) is 3.72. The van der Waals surface area contributed by atoms with Crippen LogP contribution in [-0.4, -0.2) is 5.60 Å². The molecule has 0 aromatic rings. The van der Waals surface area contributed by atoms with Crippen molar-refractivity contribution in [1.82, 2.24) is 0 Å². The van der Waals surface area contributed by atoms with Gasteiger partial charge in [0.1, 0.15) is 5.60 Å². The predicted molar refractivity (Wildman–Crippen MR) is 58.7 cm³/mol. The Morgan fingerprint density at radius 3 is 1.62 bits per heavy atom. The van der Waals surface area contributed by atoms with Crippen molar-refractivity contribution in [1.29, 1.82) is 0 Å². The van der Waals surface area contributed by atoms with Gasteiger partial charge in [0.2, 0.25) is 0 Å². The summed E-state index contributed by atoms with van der Waals surface area (Å²) in [6, 6.07) is 0. The predicted octanol–water partition coefficient (Wildman–Crippen LogP) is 4.29. The van der Waals surface area contributed by atoms with Gasteiger partial charge in [-0.2, -0.15) is 0 Å². The molecule has 0 saturated carbocycles. The van der Waals surface area contributed by atoms with Crippen molar-refractivity contribution in [3.63, 3.8) is 0 Å². The number of hydrogen-bond acceptors (Lipinski definition) is 1. The van der Waals surface area contributed by atoms with Crippen molar-refractivity contribution in [2.24, 2.45) is 0 Å². The molecule has 0 aliphatic carbocycles. The average molecular weight is 184 g/mol. The van der Waals surface area contributed by atoms with Gasteiger partial charge in [-0.05, 0) is 19.3 Å². The van der Waals surface area contributed by atoms with Crippen LogP contribution >= 0.6 is 0 Å². The zero-order chi connectivity index (χ0) is 10.2.